The third kappa shape index (κ3) is 2.83. The Balaban J connectivity index is 2.26. The Kier molecular flexibility index (Phi) is 4.10. The van der Waals surface area contributed by atoms with Crippen molar-refractivity contribution in [2.45, 2.75) is 6.61 Å². The molecule has 0 aromatic heterocycles. The molecular weight excluding hydrogens is 263 g/mol. The summed E-state index contributed by atoms with van der Waals surface area (Å²) in [5, 5.41) is 9.03. The van der Waals surface area contributed by atoms with Crippen LogP contribution < -0.4 is 4.74 Å². The SMILES string of the molecule is O=Cc1cccc(F)c1OCc1ccccc1C(=O)O. The lowest BCUT2D eigenvalue weighted by Crippen LogP contribution is -2.07. The first-order valence-electron chi connectivity index (χ1n) is 5.81. The number of hydrogen-bond acceptors (Lipinski definition) is 3. The fourth-order valence-corrected chi connectivity index (χ4v) is 1.78. The number of carbonyl (C=O) groups is 2. The molecule has 0 bridgehead atoms. The van der Waals surface area contributed by atoms with Crippen molar-refractivity contribution in [3.63, 3.8) is 0 Å². The standard InChI is InChI=1S/C15H11FO4/c16-13-7-3-5-10(8-17)14(13)20-9-11-4-1-2-6-12(11)15(18)19/h1-8H,9H2,(H,18,19). The smallest absolute Gasteiger partial charge is 0.336 e. The van der Waals surface area contributed by atoms with E-state index < -0.39 is 11.8 Å². The van der Waals surface area contributed by atoms with Crippen molar-refractivity contribution in [2.75, 3.05) is 0 Å². The molecule has 0 radical (unpaired) electrons. The van der Waals surface area contributed by atoms with Crippen LogP contribution in [0.5, 0.6) is 5.75 Å². The first kappa shape index (κ1) is 13.7. The summed E-state index contributed by atoms with van der Waals surface area (Å²) in [6, 6.07) is 10.3. The van der Waals surface area contributed by atoms with Gasteiger partial charge in [-0.3, -0.25) is 4.79 Å². The van der Waals surface area contributed by atoms with Gasteiger partial charge in [-0.15, -0.1) is 0 Å². The highest BCUT2D eigenvalue weighted by atomic mass is 19.1. The number of carboxylic acids is 1. The summed E-state index contributed by atoms with van der Waals surface area (Å²) < 4.78 is 18.9. The highest BCUT2D eigenvalue weighted by molar-refractivity contribution is 5.89. The van der Waals surface area contributed by atoms with E-state index in [4.69, 9.17) is 9.84 Å². The van der Waals surface area contributed by atoms with Crippen molar-refractivity contribution in [1.29, 1.82) is 0 Å². The Labute approximate surface area is 114 Å². The van der Waals surface area contributed by atoms with Gasteiger partial charge in [-0.2, -0.15) is 0 Å². The molecule has 0 atom stereocenters. The lowest BCUT2D eigenvalue weighted by Gasteiger charge is -2.11. The Morgan fingerprint density at radius 1 is 1.20 bits per heavy atom. The van der Waals surface area contributed by atoms with Gasteiger partial charge in [-0.05, 0) is 18.2 Å². The van der Waals surface area contributed by atoms with E-state index in [1.165, 1.54) is 24.3 Å². The van der Waals surface area contributed by atoms with E-state index in [2.05, 4.69) is 0 Å². The Morgan fingerprint density at radius 3 is 2.65 bits per heavy atom. The van der Waals surface area contributed by atoms with Gasteiger partial charge in [-0.25, -0.2) is 9.18 Å². The summed E-state index contributed by atoms with van der Waals surface area (Å²) in [6.45, 7) is -0.135. The minimum absolute atomic E-state index is 0.0801. The van der Waals surface area contributed by atoms with Gasteiger partial charge in [0.1, 0.15) is 6.61 Å². The Bertz CT molecular complexity index is 652. The maximum Gasteiger partial charge on any atom is 0.336 e. The van der Waals surface area contributed by atoms with E-state index in [1.807, 2.05) is 0 Å². The molecule has 4 nitrogen and oxygen atoms in total. The second-order valence-corrected chi connectivity index (χ2v) is 4.03. The molecule has 0 unspecified atom stereocenters. The van der Waals surface area contributed by atoms with Crippen LogP contribution in [-0.2, 0) is 6.61 Å². The third-order valence-electron chi connectivity index (χ3n) is 2.74. The average Bonchev–Trinajstić information content (AvgIpc) is 2.46. The van der Waals surface area contributed by atoms with Crippen molar-refractivity contribution < 1.29 is 23.8 Å². The van der Waals surface area contributed by atoms with Crippen LogP contribution in [0.1, 0.15) is 26.3 Å². The molecule has 20 heavy (non-hydrogen) atoms. The molecule has 0 aliphatic rings. The van der Waals surface area contributed by atoms with Gasteiger partial charge in [0.05, 0.1) is 11.1 Å². The zero-order chi connectivity index (χ0) is 14.5. The predicted molar refractivity (Wildman–Crippen MR) is 69.5 cm³/mol. The fourth-order valence-electron chi connectivity index (χ4n) is 1.78. The quantitative estimate of drug-likeness (QED) is 0.851. The molecule has 1 N–H and O–H groups in total. The Hall–Kier alpha value is -2.69. The van der Waals surface area contributed by atoms with Crippen LogP contribution in [0.15, 0.2) is 42.5 Å². The number of halogens is 1. The summed E-state index contributed by atoms with van der Waals surface area (Å²) in [5.41, 5.74) is 0.564. The number of aldehydes is 1. The number of rotatable bonds is 5. The van der Waals surface area contributed by atoms with Crippen molar-refractivity contribution >= 4 is 12.3 Å². The molecule has 0 spiro atoms. The lowest BCUT2D eigenvalue weighted by atomic mass is 10.1. The van der Waals surface area contributed by atoms with E-state index in [0.29, 0.717) is 11.8 Å². The van der Waals surface area contributed by atoms with Crippen molar-refractivity contribution in [1.82, 2.24) is 0 Å². The van der Waals surface area contributed by atoms with Crippen LogP contribution in [0.2, 0.25) is 0 Å². The normalized spacial score (nSPS) is 10.1. The Morgan fingerprint density at radius 2 is 1.95 bits per heavy atom. The summed E-state index contributed by atoms with van der Waals surface area (Å²) in [6.07, 6.45) is 0.488. The number of ether oxygens (including phenoxy) is 1. The maximum absolute atomic E-state index is 13.6. The monoisotopic (exact) mass is 274 g/mol. The number of aromatic carboxylic acids is 1. The first-order chi connectivity index (χ1) is 9.63. The summed E-state index contributed by atoms with van der Waals surface area (Å²) in [4.78, 5) is 21.9. The van der Waals surface area contributed by atoms with Crippen LogP contribution in [0.4, 0.5) is 4.39 Å². The van der Waals surface area contributed by atoms with Crippen molar-refractivity contribution in [3.05, 3.63) is 65.0 Å². The predicted octanol–water partition coefficient (Wildman–Crippen LogP) is 2.92. The van der Waals surface area contributed by atoms with Gasteiger partial charge in [0.2, 0.25) is 0 Å². The zero-order valence-electron chi connectivity index (χ0n) is 10.4. The zero-order valence-corrected chi connectivity index (χ0v) is 10.4. The molecule has 0 amide bonds. The second-order valence-electron chi connectivity index (χ2n) is 4.03. The number of benzene rings is 2. The number of para-hydroxylation sites is 1. The number of carboxylic acid groups (broad SMARTS) is 1. The van der Waals surface area contributed by atoms with Crippen LogP contribution in [0.3, 0.4) is 0 Å². The molecule has 0 fully saturated rings. The van der Waals surface area contributed by atoms with E-state index in [1.54, 1.807) is 18.2 Å². The molecule has 0 heterocycles. The van der Waals surface area contributed by atoms with Gasteiger partial charge in [-0.1, -0.05) is 24.3 Å². The molecule has 2 aromatic rings. The van der Waals surface area contributed by atoms with E-state index >= 15 is 0 Å². The minimum atomic E-state index is -1.09. The maximum atomic E-state index is 13.6. The molecule has 5 heteroatoms. The summed E-state index contributed by atoms with van der Waals surface area (Å²) in [7, 11) is 0. The number of hydrogen-bond donors (Lipinski definition) is 1. The van der Waals surface area contributed by atoms with Crippen molar-refractivity contribution in [2.24, 2.45) is 0 Å². The van der Waals surface area contributed by atoms with Crippen LogP contribution in [0, 0.1) is 5.82 Å². The topological polar surface area (TPSA) is 63.6 Å². The highest BCUT2D eigenvalue weighted by Gasteiger charge is 2.13. The molecule has 0 saturated carbocycles. The van der Waals surface area contributed by atoms with Gasteiger partial charge in [0, 0.05) is 5.56 Å². The van der Waals surface area contributed by atoms with Gasteiger partial charge in [0.25, 0.3) is 0 Å². The van der Waals surface area contributed by atoms with Gasteiger partial charge in [0.15, 0.2) is 17.9 Å². The number of carbonyl (C=O) groups excluding carboxylic acids is 1. The summed E-state index contributed by atoms with van der Waals surface area (Å²) >= 11 is 0. The van der Waals surface area contributed by atoms with Crippen LogP contribution in [0.25, 0.3) is 0 Å². The second kappa shape index (κ2) is 5.97. The van der Waals surface area contributed by atoms with E-state index in [0.717, 1.165) is 0 Å². The van der Waals surface area contributed by atoms with Gasteiger partial charge < -0.3 is 9.84 Å². The molecular formula is C15H11FO4. The lowest BCUT2D eigenvalue weighted by molar-refractivity contribution is 0.0693. The molecule has 0 aliphatic carbocycles. The molecule has 0 saturated heterocycles. The third-order valence-corrected chi connectivity index (χ3v) is 2.74. The van der Waals surface area contributed by atoms with Crippen LogP contribution in [-0.4, -0.2) is 17.4 Å². The minimum Gasteiger partial charge on any atom is -0.485 e. The van der Waals surface area contributed by atoms with Crippen molar-refractivity contribution in [3.8, 4) is 5.75 Å². The molecule has 102 valence electrons. The molecule has 2 aromatic carbocycles. The summed E-state index contributed by atoms with van der Waals surface area (Å²) in [5.74, 6) is -1.93. The highest BCUT2D eigenvalue weighted by Crippen LogP contribution is 2.23. The molecule has 0 aliphatic heterocycles. The average molecular weight is 274 g/mol. The van der Waals surface area contributed by atoms with E-state index in [9.17, 15) is 14.0 Å². The van der Waals surface area contributed by atoms with Gasteiger partial charge >= 0.3 is 5.97 Å². The fraction of sp³-hybridized carbons (Fsp3) is 0.0667. The molecule has 2 rings (SSSR count). The largest absolute Gasteiger partial charge is 0.485 e. The van der Waals surface area contributed by atoms with E-state index in [-0.39, 0.29) is 23.5 Å². The van der Waals surface area contributed by atoms with Crippen LogP contribution >= 0.6 is 0 Å². The first-order valence-corrected chi connectivity index (χ1v) is 5.81.